The van der Waals surface area contributed by atoms with Crippen LogP contribution >= 0.6 is 0 Å². The maximum atomic E-state index is 12.0. The van der Waals surface area contributed by atoms with Crippen LogP contribution in [-0.4, -0.2) is 35.6 Å². The lowest BCUT2D eigenvalue weighted by atomic mass is 10.3. The van der Waals surface area contributed by atoms with E-state index in [0.717, 1.165) is 4.90 Å². The van der Waals surface area contributed by atoms with Crippen molar-refractivity contribution < 1.29 is 18.0 Å². The topological polar surface area (TPSA) is 71.2 Å². The zero-order chi connectivity index (χ0) is 13.8. The summed E-state index contributed by atoms with van der Waals surface area (Å²) in [6.07, 6.45) is -4.00. The number of carbonyl (C=O) groups is 1. The largest absolute Gasteiger partial charge is 0.390 e. The summed E-state index contributed by atoms with van der Waals surface area (Å²) in [5.74, 6) is 4.55. The molecule has 0 spiro atoms. The van der Waals surface area contributed by atoms with Crippen molar-refractivity contribution in [3.05, 3.63) is 24.0 Å². The van der Waals surface area contributed by atoms with Crippen LogP contribution in [0, 0.1) is 0 Å². The number of aromatic nitrogens is 1. The second-order valence-electron chi connectivity index (χ2n) is 3.67. The molecule has 3 N–H and O–H groups in total. The van der Waals surface area contributed by atoms with Gasteiger partial charge in [0.1, 0.15) is 5.69 Å². The van der Waals surface area contributed by atoms with Gasteiger partial charge in [0, 0.05) is 13.6 Å². The predicted molar refractivity (Wildman–Crippen MR) is 59.7 cm³/mol. The Morgan fingerprint density at radius 3 is 2.61 bits per heavy atom. The third-order valence-electron chi connectivity index (χ3n) is 2.23. The number of amides is 1. The molecule has 0 bridgehead atoms. The maximum Gasteiger partial charge on any atom is 0.390 e. The van der Waals surface area contributed by atoms with Gasteiger partial charge in [0.15, 0.2) is 0 Å². The molecule has 0 atom stereocenters. The van der Waals surface area contributed by atoms with Crippen LogP contribution in [0.25, 0.3) is 0 Å². The molecule has 8 heteroatoms. The second-order valence-corrected chi connectivity index (χ2v) is 3.67. The van der Waals surface area contributed by atoms with Gasteiger partial charge in [-0.1, -0.05) is 0 Å². The molecule has 1 rings (SSSR count). The van der Waals surface area contributed by atoms with Crippen molar-refractivity contribution in [1.82, 2.24) is 9.88 Å². The van der Waals surface area contributed by atoms with E-state index in [-0.39, 0.29) is 5.69 Å². The number of nitrogens with one attached hydrogen (secondary N) is 1. The van der Waals surface area contributed by atoms with Crippen LogP contribution in [0.4, 0.5) is 18.9 Å². The van der Waals surface area contributed by atoms with Crippen LogP contribution in [0.3, 0.4) is 0 Å². The molecule has 100 valence electrons. The number of hydrazine groups is 1. The SMILES string of the molecule is CN(CCC(F)(F)F)C(=O)c1ccc(NN)cn1. The highest BCUT2D eigenvalue weighted by atomic mass is 19.4. The van der Waals surface area contributed by atoms with E-state index in [1.165, 1.54) is 25.4 Å². The van der Waals surface area contributed by atoms with Crippen molar-refractivity contribution in [1.29, 1.82) is 0 Å². The molecular formula is C10H13F3N4O. The normalized spacial score (nSPS) is 11.2. The Morgan fingerprint density at radius 1 is 1.50 bits per heavy atom. The molecule has 0 saturated heterocycles. The average Bonchev–Trinajstić information content (AvgIpc) is 2.34. The van der Waals surface area contributed by atoms with Crippen LogP contribution < -0.4 is 11.3 Å². The number of rotatable bonds is 4. The molecule has 0 unspecified atom stereocenters. The second kappa shape index (κ2) is 5.67. The zero-order valence-corrected chi connectivity index (χ0v) is 9.66. The zero-order valence-electron chi connectivity index (χ0n) is 9.66. The average molecular weight is 262 g/mol. The number of pyridine rings is 1. The minimum absolute atomic E-state index is 0.0682. The Hall–Kier alpha value is -1.83. The summed E-state index contributed by atoms with van der Waals surface area (Å²) in [5.41, 5.74) is 2.90. The predicted octanol–water partition coefficient (Wildman–Crippen LogP) is 1.39. The fourth-order valence-electron chi connectivity index (χ4n) is 1.20. The van der Waals surface area contributed by atoms with Gasteiger partial charge >= 0.3 is 6.18 Å². The molecule has 1 aromatic heterocycles. The van der Waals surface area contributed by atoms with Crippen LogP contribution in [0.5, 0.6) is 0 Å². The van der Waals surface area contributed by atoms with Crippen molar-refractivity contribution in [3.8, 4) is 0 Å². The third-order valence-corrected chi connectivity index (χ3v) is 2.23. The highest BCUT2D eigenvalue weighted by Gasteiger charge is 2.28. The molecule has 0 fully saturated rings. The summed E-state index contributed by atoms with van der Waals surface area (Å²) in [7, 11) is 1.30. The van der Waals surface area contributed by atoms with E-state index >= 15 is 0 Å². The molecule has 1 amide bonds. The van der Waals surface area contributed by atoms with Crippen LogP contribution in [0.1, 0.15) is 16.9 Å². The van der Waals surface area contributed by atoms with Gasteiger partial charge in [-0.25, -0.2) is 4.98 Å². The first-order valence-corrected chi connectivity index (χ1v) is 5.08. The van der Waals surface area contributed by atoms with Crippen molar-refractivity contribution in [2.45, 2.75) is 12.6 Å². The first-order chi connectivity index (χ1) is 8.33. The highest BCUT2D eigenvalue weighted by molar-refractivity contribution is 5.92. The molecule has 0 aromatic carbocycles. The number of hydrogen-bond donors (Lipinski definition) is 2. The standard InChI is InChI=1S/C10H13F3N4O/c1-17(5-4-10(11,12)13)9(18)8-3-2-7(16-14)6-15-8/h2-3,6,16H,4-5,14H2,1H3. The number of halogens is 3. The Bertz CT molecular complexity index is 405. The summed E-state index contributed by atoms with van der Waals surface area (Å²) >= 11 is 0. The Kier molecular flexibility index (Phi) is 4.49. The minimum atomic E-state index is -4.28. The van der Waals surface area contributed by atoms with Crippen LogP contribution in [0.15, 0.2) is 18.3 Å². The van der Waals surface area contributed by atoms with Crippen LogP contribution in [-0.2, 0) is 0 Å². The molecule has 1 aromatic rings. The van der Waals surface area contributed by atoms with Crippen molar-refractivity contribution >= 4 is 11.6 Å². The molecule has 0 radical (unpaired) electrons. The molecule has 1 heterocycles. The molecular weight excluding hydrogens is 249 g/mol. The van der Waals surface area contributed by atoms with E-state index in [4.69, 9.17) is 5.84 Å². The number of hydrogen-bond acceptors (Lipinski definition) is 4. The number of nitrogen functional groups attached to an aromatic ring is 1. The number of nitrogens with two attached hydrogens (primary N) is 1. The first-order valence-electron chi connectivity index (χ1n) is 5.08. The summed E-state index contributed by atoms with van der Waals surface area (Å²) in [6, 6.07) is 2.90. The lowest BCUT2D eigenvalue weighted by molar-refractivity contribution is -0.136. The van der Waals surface area contributed by atoms with Gasteiger partial charge < -0.3 is 10.3 Å². The summed E-state index contributed by atoms with van der Waals surface area (Å²) in [6.45, 7) is -0.402. The summed E-state index contributed by atoms with van der Waals surface area (Å²) < 4.78 is 36.0. The molecule has 18 heavy (non-hydrogen) atoms. The van der Waals surface area contributed by atoms with Crippen LogP contribution in [0.2, 0.25) is 0 Å². The molecule has 5 nitrogen and oxygen atoms in total. The van der Waals surface area contributed by atoms with Gasteiger partial charge in [0.25, 0.3) is 5.91 Å². The van der Waals surface area contributed by atoms with Gasteiger partial charge in [0.2, 0.25) is 0 Å². The fourth-order valence-corrected chi connectivity index (χ4v) is 1.20. The molecule has 0 saturated carbocycles. The van der Waals surface area contributed by atoms with E-state index in [2.05, 4.69) is 10.4 Å². The minimum Gasteiger partial charge on any atom is -0.340 e. The van der Waals surface area contributed by atoms with E-state index in [1.54, 1.807) is 0 Å². The van der Waals surface area contributed by atoms with Crippen molar-refractivity contribution in [2.75, 3.05) is 19.0 Å². The highest BCUT2D eigenvalue weighted by Crippen LogP contribution is 2.19. The number of carbonyl (C=O) groups excluding carboxylic acids is 1. The number of nitrogens with zero attached hydrogens (tertiary/aromatic N) is 2. The van der Waals surface area contributed by atoms with Crippen molar-refractivity contribution in [2.24, 2.45) is 5.84 Å². The monoisotopic (exact) mass is 262 g/mol. The quantitative estimate of drug-likeness (QED) is 0.635. The van der Waals surface area contributed by atoms with Gasteiger partial charge in [-0.15, -0.1) is 0 Å². The summed E-state index contributed by atoms with van der Waals surface area (Å²) in [5, 5.41) is 0. The van der Waals surface area contributed by atoms with E-state index < -0.39 is 25.0 Å². The van der Waals surface area contributed by atoms with Gasteiger partial charge in [-0.05, 0) is 12.1 Å². The third kappa shape index (κ3) is 4.21. The molecule has 0 aliphatic heterocycles. The Labute approximate surface area is 102 Å². The molecule has 0 aliphatic carbocycles. The lowest BCUT2D eigenvalue weighted by Crippen LogP contribution is -2.31. The summed E-state index contributed by atoms with van der Waals surface area (Å²) in [4.78, 5) is 16.5. The Morgan fingerprint density at radius 2 is 2.17 bits per heavy atom. The first kappa shape index (κ1) is 14.2. The van der Waals surface area contributed by atoms with Gasteiger partial charge in [-0.2, -0.15) is 13.2 Å². The van der Waals surface area contributed by atoms with E-state index in [0.29, 0.717) is 5.69 Å². The van der Waals surface area contributed by atoms with Crippen molar-refractivity contribution in [3.63, 3.8) is 0 Å². The van der Waals surface area contributed by atoms with Gasteiger partial charge in [0.05, 0.1) is 18.3 Å². The Balaban J connectivity index is 2.62. The number of anilines is 1. The smallest absolute Gasteiger partial charge is 0.340 e. The van der Waals surface area contributed by atoms with E-state index in [1.807, 2.05) is 0 Å². The van der Waals surface area contributed by atoms with E-state index in [9.17, 15) is 18.0 Å². The number of alkyl halides is 3. The van der Waals surface area contributed by atoms with Gasteiger partial charge in [-0.3, -0.25) is 10.6 Å². The molecule has 0 aliphatic rings. The lowest BCUT2D eigenvalue weighted by Gasteiger charge is -2.17. The maximum absolute atomic E-state index is 12.0. The fraction of sp³-hybridized carbons (Fsp3) is 0.400.